The van der Waals surface area contributed by atoms with Crippen LogP contribution in [0, 0.1) is 6.92 Å². The molecule has 0 bridgehead atoms. The number of hydrogen-bond acceptors (Lipinski definition) is 4. The van der Waals surface area contributed by atoms with Crippen LogP contribution in [0.3, 0.4) is 0 Å². The Bertz CT molecular complexity index is 1170. The lowest BCUT2D eigenvalue weighted by atomic mass is 10.0. The molecule has 5 rings (SSSR count). The van der Waals surface area contributed by atoms with Crippen LogP contribution in [-0.4, -0.2) is 36.5 Å². The first-order chi connectivity index (χ1) is 15.2. The number of nitrogens with zero attached hydrogens (tertiary/aromatic N) is 5. The summed E-state index contributed by atoms with van der Waals surface area (Å²) in [4.78, 5) is 13.5. The molecule has 0 spiro atoms. The van der Waals surface area contributed by atoms with E-state index >= 15 is 0 Å². The zero-order chi connectivity index (χ0) is 21.2. The molecule has 0 fully saturated rings. The average Bonchev–Trinajstić information content (AvgIpc) is 3.35. The molecule has 1 amide bonds. The zero-order valence-corrected chi connectivity index (χ0v) is 17.4. The van der Waals surface area contributed by atoms with E-state index in [1.807, 2.05) is 72.3 Å². The summed E-state index contributed by atoms with van der Waals surface area (Å²) in [6, 6.07) is 19.9. The van der Waals surface area contributed by atoms with Gasteiger partial charge in [0.1, 0.15) is 17.8 Å². The Hall–Kier alpha value is -3.74. The minimum atomic E-state index is -0.0822. The van der Waals surface area contributed by atoms with Gasteiger partial charge in [0, 0.05) is 24.6 Å². The number of hydrogen-bond donors (Lipinski definition) is 1. The largest absolute Gasteiger partial charge is 0.349 e. The second kappa shape index (κ2) is 8.18. The number of nitrogens with one attached hydrogen (secondary N) is 1. The predicted molar refractivity (Wildman–Crippen MR) is 118 cm³/mol. The highest BCUT2D eigenvalue weighted by molar-refractivity contribution is 6.01. The highest BCUT2D eigenvalue weighted by Gasteiger charge is 2.26. The van der Waals surface area contributed by atoms with Crippen molar-refractivity contribution >= 4 is 5.91 Å². The first-order valence-electron chi connectivity index (χ1n) is 10.6. The third-order valence-electron chi connectivity index (χ3n) is 5.86. The van der Waals surface area contributed by atoms with E-state index in [0.717, 1.165) is 48.6 Å². The van der Waals surface area contributed by atoms with Crippen molar-refractivity contribution in [3.63, 3.8) is 0 Å². The van der Waals surface area contributed by atoms with E-state index in [1.54, 1.807) is 6.33 Å². The number of rotatable bonds is 4. The molecule has 31 heavy (non-hydrogen) atoms. The van der Waals surface area contributed by atoms with E-state index in [2.05, 4.69) is 20.1 Å². The fourth-order valence-corrected chi connectivity index (χ4v) is 4.20. The Labute approximate surface area is 180 Å². The lowest BCUT2D eigenvalue weighted by molar-refractivity contribution is 0.0933. The van der Waals surface area contributed by atoms with Gasteiger partial charge in [-0.15, -0.1) is 10.2 Å². The minimum Gasteiger partial charge on any atom is -0.349 e. The maximum absolute atomic E-state index is 13.5. The van der Waals surface area contributed by atoms with Crippen LogP contribution in [0.15, 0.2) is 67.0 Å². The molecule has 1 aliphatic heterocycles. The predicted octanol–water partition coefficient (Wildman–Crippen LogP) is 3.57. The summed E-state index contributed by atoms with van der Waals surface area (Å²) in [5.74, 6) is 0.899. The first kappa shape index (κ1) is 19.2. The fraction of sp³-hybridized carbons (Fsp3) is 0.250. The second-order valence-corrected chi connectivity index (χ2v) is 7.86. The molecule has 2 aromatic carbocycles. The Morgan fingerprint density at radius 3 is 2.55 bits per heavy atom. The molecule has 1 atom stereocenters. The number of carbonyl (C=O) groups excluding carboxylic acids is 1. The van der Waals surface area contributed by atoms with Crippen LogP contribution < -0.4 is 5.32 Å². The Morgan fingerprint density at radius 1 is 1.03 bits per heavy atom. The lowest BCUT2D eigenvalue weighted by Crippen LogP contribution is -2.35. The highest BCUT2D eigenvalue weighted by atomic mass is 16.1. The van der Waals surface area contributed by atoms with Crippen molar-refractivity contribution in [3.8, 4) is 16.9 Å². The molecular weight excluding hydrogens is 388 g/mol. The number of fused-ring (bicyclic) bond motifs is 1. The summed E-state index contributed by atoms with van der Waals surface area (Å²) in [7, 11) is 0. The van der Waals surface area contributed by atoms with E-state index in [1.165, 1.54) is 0 Å². The van der Waals surface area contributed by atoms with Gasteiger partial charge in [0.05, 0.1) is 16.9 Å². The number of carbonyl (C=O) groups is 1. The molecule has 1 unspecified atom stereocenters. The smallest absolute Gasteiger partial charge is 0.255 e. The van der Waals surface area contributed by atoms with Crippen molar-refractivity contribution in [2.75, 3.05) is 0 Å². The molecule has 1 aliphatic rings. The Morgan fingerprint density at radius 2 is 1.77 bits per heavy atom. The molecule has 3 heterocycles. The molecule has 7 heteroatoms. The maximum Gasteiger partial charge on any atom is 0.255 e. The van der Waals surface area contributed by atoms with Gasteiger partial charge in [-0.3, -0.25) is 4.79 Å². The number of para-hydroxylation sites is 1. The van der Waals surface area contributed by atoms with Crippen LogP contribution in [0.2, 0.25) is 0 Å². The number of aryl methyl sites for hydroxylation is 2. The molecule has 0 saturated carbocycles. The topological polar surface area (TPSA) is 77.6 Å². The summed E-state index contributed by atoms with van der Waals surface area (Å²) in [5.41, 5.74) is 4.01. The molecule has 1 N–H and O–H groups in total. The van der Waals surface area contributed by atoms with Crippen molar-refractivity contribution < 1.29 is 4.79 Å². The van der Waals surface area contributed by atoms with Crippen molar-refractivity contribution in [2.45, 2.75) is 38.8 Å². The van der Waals surface area contributed by atoms with Crippen LogP contribution in [-0.2, 0) is 13.0 Å². The lowest BCUT2D eigenvalue weighted by Gasteiger charge is -2.16. The molecular formula is C24H24N6O. The third kappa shape index (κ3) is 3.74. The van der Waals surface area contributed by atoms with Gasteiger partial charge in [-0.1, -0.05) is 48.5 Å². The molecule has 0 saturated heterocycles. The summed E-state index contributed by atoms with van der Waals surface area (Å²) < 4.78 is 3.92. The number of amides is 1. The summed E-state index contributed by atoms with van der Waals surface area (Å²) in [6.07, 6.45) is 4.26. The van der Waals surface area contributed by atoms with Gasteiger partial charge in [-0.05, 0) is 31.9 Å². The zero-order valence-electron chi connectivity index (χ0n) is 17.4. The van der Waals surface area contributed by atoms with Crippen molar-refractivity contribution in [2.24, 2.45) is 0 Å². The van der Waals surface area contributed by atoms with Gasteiger partial charge in [-0.2, -0.15) is 5.10 Å². The molecule has 2 aromatic heterocycles. The quantitative estimate of drug-likeness (QED) is 0.556. The monoisotopic (exact) mass is 412 g/mol. The van der Waals surface area contributed by atoms with Crippen molar-refractivity contribution in [3.05, 3.63) is 84.1 Å². The SMILES string of the molecule is Cc1c(C(=O)NC2CCc3nncn3CC2)c(-c2ccccc2)nn1-c1ccccc1. The average molecular weight is 412 g/mol. The Balaban J connectivity index is 1.48. The highest BCUT2D eigenvalue weighted by Crippen LogP contribution is 2.27. The Kier molecular flexibility index (Phi) is 5.08. The van der Waals surface area contributed by atoms with E-state index in [9.17, 15) is 4.79 Å². The molecule has 0 aliphatic carbocycles. The first-order valence-corrected chi connectivity index (χ1v) is 10.6. The van der Waals surface area contributed by atoms with Crippen molar-refractivity contribution in [1.82, 2.24) is 29.9 Å². The minimum absolute atomic E-state index is 0.0808. The van der Waals surface area contributed by atoms with Crippen LogP contribution >= 0.6 is 0 Å². The van der Waals surface area contributed by atoms with E-state index < -0.39 is 0 Å². The van der Waals surface area contributed by atoms with E-state index in [4.69, 9.17) is 5.10 Å². The van der Waals surface area contributed by atoms with Crippen LogP contribution in [0.25, 0.3) is 16.9 Å². The van der Waals surface area contributed by atoms with Gasteiger partial charge < -0.3 is 9.88 Å². The summed E-state index contributed by atoms with van der Waals surface area (Å²) in [5, 5.41) is 16.3. The van der Waals surface area contributed by atoms with Gasteiger partial charge >= 0.3 is 0 Å². The fourth-order valence-electron chi connectivity index (χ4n) is 4.20. The van der Waals surface area contributed by atoms with Gasteiger partial charge in [0.25, 0.3) is 5.91 Å². The molecule has 4 aromatic rings. The van der Waals surface area contributed by atoms with Crippen molar-refractivity contribution in [1.29, 1.82) is 0 Å². The maximum atomic E-state index is 13.5. The normalized spacial score (nSPS) is 15.8. The third-order valence-corrected chi connectivity index (χ3v) is 5.86. The number of aromatic nitrogens is 5. The summed E-state index contributed by atoms with van der Waals surface area (Å²) in [6.45, 7) is 2.76. The van der Waals surface area contributed by atoms with Crippen LogP contribution in [0.5, 0.6) is 0 Å². The number of benzene rings is 2. The van der Waals surface area contributed by atoms with Crippen LogP contribution in [0.4, 0.5) is 0 Å². The molecule has 156 valence electrons. The standard InChI is InChI=1S/C24H24N6O/c1-17-22(24(31)26-19-12-13-21-27-25-16-29(21)15-14-19)23(18-8-4-2-5-9-18)28-30(17)20-10-6-3-7-11-20/h2-11,16,19H,12-15H2,1H3,(H,26,31). The van der Waals surface area contributed by atoms with E-state index in [-0.39, 0.29) is 11.9 Å². The van der Waals surface area contributed by atoms with Gasteiger partial charge in [0.15, 0.2) is 0 Å². The van der Waals surface area contributed by atoms with E-state index in [0.29, 0.717) is 11.3 Å². The molecule has 7 nitrogen and oxygen atoms in total. The van der Waals surface area contributed by atoms with Gasteiger partial charge in [0.2, 0.25) is 0 Å². The summed E-state index contributed by atoms with van der Waals surface area (Å²) >= 11 is 0. The van der Waals surface area contributed by atoms with Gasteiger partial charge in [-0.25, -0.2) is 4.68 Å². The molecule has 0 radical (unpaired) electrons. The second-order valence-electron chi connectivity index (χ2n) is 7.86. The van der Waals surface area contributed by atoms with Crippen LogP contribution in [0.1, 0.15) is 34.7 Å².